The smallest absolute Gasteiger partial charge is 0.115 e. The number of aliphatic imine (C=N–C) groups is 2. The van der Waals surface area contributed by atoms with Crippen molar-refractivity contribution < 1.29 is 0 Å². The second kappa shape index (κ2) is 4.01. The summed E-state index contributed by atoms with van der Waals surface area (Å²) in [7, 11) is 0. The fourth-order valence-corrected chi connectivity index (χ4v) is 0.243. The molecular formula is C7H12N2. The van der Waals surface area contributed by atoms with E-state index < -0.39 is 0 Å². The molecule has 0 spiro atoms. The molecule has 0 atom stereocenters. The topological polar surface area (TPSA) is 24.7 Å². The van der Waals surface area contributed by atoms with Crippen LogP contribution in [0.25, 0.3) is 0 Å². The average Bonchev–Trinajstić information content (AvgIpc) is 1.63. The standard InChI is InChI=1S/C7H12N2/c1-6(2)8-5-9-7(3)4/h5H,1H2,2-4H3/b8-5-. The van der Waals surface area contributed by atoms with Crippen molar-refractivity contribution in [1.29, 1.82) is 0 Å². The largest absolute Gasteiger partial charge is 0.246 e. The molecule has 0 aromatic heterocycles. The van der Waals surface area contributed by atoms with Gasteiger partial charge in [-0.05, 0) is 20.8 Å². The Kier molecular flexibility index (Phi) is 3.60. The van der Waals surface area contributed by atoms with Crippen LogP contribution in [0, 0.1) is 0 Å². The lowest BCUT2D eigenvalue weighted by Gasteiger charge is -1.83. The Morgan fingerprint density at radius 1 is 1.33 bits per heavy atom. The third-order valence-electron chi connectivity index (χ3n) is 0.594. The molecule has 0 aliphatic heterocycles. The van der Waals surface area contributed by atoms with Crippen molar-refractivity contribution in [2.45, 2.75) is 20.8 Å². The molecule has 0 saturated heterocycles. The lowest BCUT2D eigenvalue weighted by Crippen LogP contribution is -1.79. The fourth-order valence-electron chi connectivity index (χ4n) is 0.243. The van der Waals surface area contributed by atoms with Crippen molar-refractivity contribution in [2.24, 2.45) is 9.98 Å². The predicted octanol–water partition coefficient (Wildman–Crippen LogP) is 2.03. The van der Waals surface area contributed by atoms with Crippen LogP contribution >= 0.6 is 0 Å². The van der Waals surface area contributed by atoms with Crippen molar-refractivity contribution in [3.63, 3.8) is 0 Å². The lowest BCUT2D eigenvalue weighted by molar-refractivity contribution is 1.33. The summed E-state index contributed by atoms with van der Waals surface area (Å²) in [5.74, 6) is 0. The monoisotopic (exact) mass is 124 g/mol. The molecule has 2 nitrogen and oxygen atoms in total. The van der Waals surface area contributed by atoms with Crippen molar-refractivity contribution in [3.8, 4) is 0 Å². The molecule has 9 heavy (non-hydrogen) atoms. The maximum absolute atomic E-state index is 3.93. The van der Waals surface area contributed by atoms with Gasteiger partial charge in [0, 0.05) is 11.4 Å². The molecule has 0 amide bonds. The van der Waals surface area contributed by atoms with Crippen LogP contribution in [-0.2, 0) is 0 Å². The molecule has 0 aliphatic rings. The molecule has 0 rings (SSSR count). The van der Waals surface area contributed by atoms with E-state index in [-0.39, 0.29) is 0 Å². The number of nitrogens with zero attached hydrogens (tertiary/aromatic N) is 2. The quantitative estimate of drug-likeness (QED) is 0.397. The second-order valence-corrected chi connectivity index (χ2v) is 2.06. The van der Waals surface area contributed by atoms with Crippen molar-refractivity contribution in [3.05, 3.63) is 12.3 Å². The second-order valence-electron chi connectivity index (χ2n) is 2.06. The van der Waals surface area contributed by atoms with E-state index in [1.807, 2.05) is 20.8 Å². The minimum Gasteiger partial charge on any atom is -0.246 e. The summed E-state index contributed by atoms with van der Waals surface area (Å²) in [6, 6.07) is 0. The van der Waals surface area contributed by atoms with E-state index in [4.69, 9.17) is 0 Å². The Balaban J connectivity index is 3.74. The molecule has 0 unspecified atom stereocenters. The maximum atomic E-state index is 3.93. The highest BCUT2D eigenvalue weighted by molar-refractivity contribution is 5.86. The molecule has 0 aliphatic carbocycles. The number of hydrogen-bond donors (Lipinski definition) is 0. The van der Waals surface area contributed by atoms with Crippen LogP contribution in [0.4, 0.5) is 0 Å². The van der Waals surface area contributed by atoms with Gasteiger partial charge < -0.3 is 0 Å². The summed E-state index contributed by atoms with van der Waals surface area (Å²) in [5, 5.41) is 0. The van der Waals surface area contributed by atoms with Gasteiger partial charge in [0.2, 0.25) is 0 Å². The summed E-state index contributed by atoms with van der Waals surface area (Å²) in [6.45, 7) is 9.26. The Bertz CT molecular complexity index is 150. The van der Waals surface area contributed by atoms with E-state index in [9.17, 15) is 0 Å². The molecule has 0 fully saturated rings. The van der Waals surface area contributed by atoms with Crippen LogP contribution < -0.4 is 0 Å². The molecular weight excluding hydrogens is 112 g/mol. The average molecular weight is 124 g/mol. The summed E-state index contributed by atoms with van der Waals surface area (Å²) < 4.78 is 0. The van der Waals surface area contributed by atoms with Crippen molar-refractivity contribution >= 4 is 12.1 Å². The molecule has 0 heterocycles. The van der Waals surface area contributed by atoms with E-state index >= 15 is 0 Å². The van der Waals surface area contributed by atoms with Crippen LogP contribution in [0.3, 0.4) is 0 Å². The van der Waals surface area contributed by atoms with Crippen LogP contribution in [0.5, 0.6) is 0 Å². The third-order valence-corrected chi connectivity index (χ3v) is 0.594. The minimum absolute atomic E-state index is 0.778. The number of hydrogen-bond acceptors (Lipinski definition) is 1. The first kappa shape index (κ1) is 8.08. The zero-order chi connectivity index (χ0) is 7.28. The van der Waals surface area contributed by atoms with Crippen LogP contribution in [0.15, 0.2) is 22.3 Å². The van der Waals surface area contributed by atoms with E-state index in [1.54, 1.807) is 0 Å². The SMILES string of the molecule is C=C(C)/N=C\N=C(C)C. The van der Waals surface area contributed by atoms with Crippen LogP contribution in [0.1, 0.15) is 20.8 Å². The molecule has 0 aromatic rings. The molecule has 0 aromatic carbocycles. The summed E-state index contributed by atoms with van der Waals surface area (Å²) in [5.41, 5.74) is 1.78. The fraction of sp³-hybridized carbons (Fsp3) is 0.429. The van der Waals surface area contributed by atoms with E-state index in [2.05, 4.69) is 16.6 Å². The molecule has 0 bridgehead atoms. The highest BCUT2D eigenvalue weighted by atomic mass is 14.9. The molecule has 0 saturated carbocycles. The predicted molar refractivity (Wildman–Crippen MR) is 42.1 cm³/mol. The Morgan fingerprint density at radius 2 is 1.89 bits per heavy atom. The van der Waals surface area contributed by atoms with Gasteiger partial charge in [-0.3, -0.25) is 0 Å². The van der Waals surface area contributed by atoms with E-state index in [1.165, 1.54) is 6.34 Å². The van der Waals surface area contributed by atoms with Gasteiger partial charge in [-0.25, -0.2) is 9.98 Å². The normalized spacial score (nSPS) is 9.67. The number of allylic oxidation sites excluding steroid dienone is 1. The van der Waals surface area contributed by atoms with Crippen molar-refractivity contribution in [2.75, 3.05) is 0 Å². The first-order chi connectivity index (χ1) is 4.13. The van der Waals surface area contributed by atoms with Gasteiger partial charge in [0.1, 0.15) is 6.34 Å². The van der Waals surface area contributed by atoms with Gasteiger partial charge >= 0.3 is 0 Å². The lowest BCUT2D eigenvalue weighted by atomic mass is 10.5. The van der Waals surface area contributed by atoms with Gasteiger partial charge in [-0.2, -0.15) is 0 Å². The van der Waals surface area contributed by atoms with Gasteiger partial charge in [0.05, 0.1) is 0 Å². The summed E-state index contributed by atoms with van der Waals surface area (Å²) in [4.78, 5) is 7.79. The molecule has 0 N–H and O–H groups in total. The van der Waals surface area contributed by atoms with Crippen LogP contribution in [-0.4, -0.2) is 12.1 Å². The molecule has 2 heteroatoms. The highest BCUT2D eigenvalue weighted by Crippen LogP contribution is 1.84. The summed E-state index contributed by atoms with van der Waals surface area (Å²) >= 11 is 0. The van der Waals surface area contributed by atoms with Gasteiger partial charge in [0.15, 0.2) is 0 Å². The summed E-state index contributed by atoms with van der Waals surface area (Å²) in [6.07, 6.45) is 1.51. The minimum atomic E-state index is 0.778. The zero-order valence-electron chi connectivity index (χ0n) is 6.18. The van der Waals surface area contributed by atoms with Crippen molar-refractivity contribution in [1.82, 2.24) is 0 Å². The van der Waals surface area contributed by atoms with Gasteiger partial charge in [0.25, 0.3) is 0 Å². The Hall–Kier alpha value is -0.920. The molecule has 50 valence electrons. The zero-order valence-corrected chi connectivity index (χ0v) is 6.18. The first-order valence-electron chi connectivity index (χ1n) is 2.82. The van der Waals surface area contributed by atoms with Crippen LogP contribution in [0.2, 0.25) is 0 Å². The Morgan fingerprint density at radius 3 is 2.22 bits per heavy atom. The third kappa shape index (κ3) is 7.08. The number of rotatable bonds is 2. The van der Waals surface area contributed by atoms with E-state index in [0.717, 1.165) is 11.4 Å². The first-order valence-corrected chi connectivity index (χ1v) is 2.82. The highest BCUT2D eigenvalue weighted by Gasteiger charge is 1.72. The van der Waals surface area contributed by atoms with Gasteiger partial charge in [-0.1, -0.05) is 6.58 Å². The Labute approximate surface area is 56.0 Å². The molecule has 0 radical (unpaired) electrons. The maximum Gasteiger partial charge on any atom is 0.115 e. The van der Waals surface area contributed by atoms with Gasteiger partial charge in [-0.15, -0.1) is 0 Å². The van der Waals surface area contributed by atoms with E-state index in [0.29, 0.717) is 0 Å².